The highest BCUT2D eigenvalue weighted by Gasteiger charge is 2.32. The van der Waals surface area contributed by atoms with Crippen molar-refractivity contribution in [3.63, 3.8) is 0 Å². The van der Waals surface area contributed by atoms with E-state index in [2.05, 4.69) is 19.1 Å². The summed E-state index contributed by atoms with van der Waals surface area (Å²) in [6.07, 6.45) is -11.4. The number of halogens is 6. The van der Waals surface area contributed by atoms with Crippen molar-refractivity contribution in [1.29, 1.82) is 0 Å². The summed E-state index contributed by atoms with van der Waals surface area (Å²) in [6, 6.07) is 5.36. The van der Waals surface area contributed by atoms with Crippen LogP contribution in [-0.4, -0.2) is 41.5 Å². The van der Waals surface area contributed by atoms with E-state index in [-0.39, 0.29) is 0 Å². The maximum Gasteiger partial charge on any atom is 0.573 e. The number of hydrogen-bond acceptors (Lipinski definition) is 10. The number of benzene rings is 2. The second-order valence-corrected chi connectivity index (χ2v) is 9.63. The molecule has 0 aliphatic rings. The Balaban J connectivity index is 1.86. The largest absolute Gasteiger partial charge is 0.573 e. The Labute approximate surface area is 203 Å². The molecule has 12 nitrogen and oxygen atoms in total. The quantitative estimate of drug-likeness (QED) is 0.241. The third-order valence-electron chi connectivity index (χ3n) is 3.55. The van der Waals surface area contributed by atoms with E-state index in [1.165, 1.54) is 9.77 Å². The Hall–Kier alpha value is -3.62. The first kappa shape index (κ1) is 29.6. The van der Waals surface area contributed by atoms with Crippen LogP contribution in [0, 0.1) is 0 Å². The van der Waals surface area contributed by atoms with Crippen molar-refractivity contribution in [3.8, 4) is 11.5 Å². The molecule has 2 aromatic carbocycles. The fourth-order valence-electron chi connectivity index (χ4n) is 2.13. The zero-order valence-electron chi connectivity index (χ0n) is 17.5. The SMILES string of the molecule is O=C(CC(=O)ONS(=O)(=O)c1ccc(OC(F)(F)F)cc1)ONS(=O)(=O)c1ccc(OC(F)(F)F)cc1. The van der Waals surface area contributed by atoms with E-state index < -0.39 is 72.4 Å². The summed E-state index contributed by atoms with van der Waals surface area (Å²) in [5.74, 6) is -4.64. The first-order valence-electron chi connectivity index (χ1n) is 9.01. The second-order valence-electron chi connectivity index (χ2n) is 6.34. The molecule has 0 fully saturated rings. The molecule has 2 rings (SSSR count). The number of nitrogens with one attached hydrogen (secondary N) is 2. The van der Waals surface area contributed by atoms with Gasteiger partial charge in [-0.05, 0) is 58.3 Å². The highest BCUT2D eigenvalue weighted by atomic mass is 32.2. The number of rotatable bonds is 10. The minimum absolute atomic E-state index is 0.656. The Morgan fingerprint density at radius 3 is 1.19 bits per heavy atom. The van der Waals surface area contributed by atoms with Crippen LogP contribution in [-0.2, 0) is 39.3 Å². The van der Waals surface area contributed by atoms with Gasteiger partial charge in [0, 0.05) is 0 Å². The number of alkyl halides is 6. The molecule has 0 saturated heterocycles. The molecule has 0 saturated carbocycles. The Bertz CT molecular complexity index is 1220. The third kappa shape index (κ3) is 10.1. The monoisotopic (exact) mass is 582 g/mol. The number of carbonyl (C=O) groups is 2. The molecule has 0 heterocycles. The molecule has 0 bridgehead atoms. The van der Waals surface area contributed by atoms with Crippen molar-refractivity contribution < 1.29 is 71.9 Å². The van der Waals surface area contributed by atoms with Gasteiger partial charge in [-0.2, -0.15) is 0 Å². The van der Waals surface area contributed by atoms with Crippen LogP contribution in [0.1, 0.15) is 6.42 Å². The minimum atomic E-state index is -5.02. The summed E-state index contributed by atoms with van der Waals surface area (Å²) in [7, 11) is -9.22. The molecule has 204 valence electrons. The van der Waals surface area contributed by atoms with Crippen LogP contribution in [0.15, 0.2) is 58.3 Å². The molecule has 0 amide bonds. The number of ether oxygens (including phenoxy) is 2. The number of hydrogen-bond donors (Lipinski definition) is 2. The van der Waals surface area contributed by atoms with Crippen molar-refractivity contribution in [2.75, 3.05) is 0 Å². The first-order valence-corrected chi connectivity index (χ1v) is 12.0. The molecule has 2 aromatic rings. The predicted octanol–water partition coefficient (Wildman–Crippen LogP) is 2.05. The molecule has 0 atom stereocenters. The molecule has 2 N–H and O–H groups in total. The molecule has 0 unspecified atom stereocenters. The lowest BCUT2D eigenvalue weighted by Crippen LogP contribution is -2.31. The van der Waals surface area contributed by atoms with E-state index in [0.29, 0.717) is 48.5 Å². The predicted molar refractivity (Wildman–Crippen MR) is 104 cm³/mol. The van der Waals surface area contributed by atoms with Gasteiger partial charge in [-0.1, -0.05) is 0 Å². The van der Waals surface area contributed by atoms with Crippen LogP contribution in [0.5, 0.6) is 11.5 Å². The molecule has 0 aliphatic carbocycles. The van der Waals surface area contributed by atoms with Gasteiger partial charge in [-0.25, -0.2) is 26.4 Å². The van der Waals surface area contributed by atoms with Crippen LogP contribution in [0.25, 0.3) is 0 Å². The molecule has 20 heteroatoms. The van der Waals surface area contributed by atoms with E-state index >= 15 is 0 Å². The van der Waals surface area contributed by atoms with Gasteiger partial charge in [-0.15, -0.1) is 26.3 Å². The smallest absolute Gasteiger partial charge is 0.406 e. The van der Waals surface area contributed by atoms with Crippen molar-refractivity contribution in [1.82, 2.24) is 9.77 Å². The van der Waals surface area contributed by atoms with Gasteiger partial charge in [-0.3, -0.25) is 0 Å². The Kier molecular flexibility index (Phi) is 8.95. The van der Waals surface area contributed by atoms with Crippen LogP contribution in [0.4, 0.5) is 26.3 Å². The van der Waals surface area contributed by atoms with E-state index in [4.69, 9.17) is 0 Å². The summed E-state index contributed by atoms with van der Waals surface area (Å²) in [5.41, 5.74) is 0. The summed E-state index contributed by atoms with van der Waals surface area (Å²) in [5, 5.41) is 0. The van der Waals surface area contributed by atoms with Gasteiger partial charge in [0.15, 0.2) is 0 Å². The molecular formula is C17H12F6N2O10S2. The molecule has 0 spiro atoms. The minimum Gasteiger partial charge on any atom is -0.406 e. The van der Waals surface area contributed by atoms with E-state index in [1.807, 2.05) is 0 Å². The lowest BCUT2D eigenvalue weighted by Gasteiger charge is -2.10. The van der Waals surface area contributed by atoms with Gasteiger partial charge in [0.05, 0.1) is 9.79 Å². The van der Waals surface area contributed by atoms with Crippen LogP contribution in [0.3, 0.4) is 0 Å². The number of sulfonamides is 2. The van der Waals surface area contributed by atoms with Gasteiger partial charge >= 0.3 is 24.7 Å². The van der Waals surface area contributed by atoms with E-state index in [0.717, 1.165) is 0 Å². The van der Waals surface area contributed by atoms with Gasteiger partial charge in [0.1, 0.15) is 17.9 Å². The van der Waals surface area contributed by atoms with Crippen molar-refractivity contribution in [2.24, 2.45) is 0 Å². The second kappa shape index (κ2) is 11.2. The summed E-state index contributed by atoms with van der Waals surface area (Å²) in [6.45, 7) is 0. The topological polar surface area (TPSA) is 163 Å². The summed E-state index contributed by atoms with van der Waals surface area (Å²) >= 11 is 0. The van der Waals surface area contributed by atoms with E-state index in [9.17, 15) is 52.8 Å². The van der Waals surface area contributed by atoms with Crippen molar-refractivity contribution >= 4 is 32.0 Å². The maximum absolute atomic E-state index is 12.1. The Morgan fingerprint density at radius 1 is 0.622 bits per heavy atom. The fraction of sp³-hybridized carbons (Fsp3) is 0.176. The zero-order chi connectivity index (χ0) is 28.1. The highest BCUT2D eigenvalue weighted by Crippen LogP contribution is 2.25. The van der Waals surface area contributed by atoms with Crippen LogP contribution in [0.2, 0.25) is 0 Å². The zero-order valence-corrected chi connectivity index (χ0v) is 19.1. The normalized spacial score (nSPS) is 12.5. The standard InChI is InChI=1S/C17H12F6N2O10S2/c18-16(19,20)32-10-1-5-12(6-2-10)36(28,29)24-34-14(26)9-15(27)35-25-37(30,31)13-7-3-11(4-8-13)33-17(21,22)23/h1-8,24-25H,9H2. The van der Waals surface area contributed by atoms with Crippen molar-refractivity contribution in [2.45, 2.75) is 28.9 Å². The summed E-state index contributed by atoms with van der Waals surface area (Å²) in [4.78, 5) is 32.8. The molecule has 0 aliphatic heterocycles. The lowest BCUT2D eigenvalue weighted by molar-refractivity contribution is -0.275. The van der Waals surface area contributed by atoms with Crippen LogP contribution < -0.4 is 19.2 Å². The summed E-state index contributed by atoms with van der Waals surface area (Å²) < 4.78 is 128. The van der Waals surface area contributed by atoms with Gasteiger partial charge < -0.3 is 19.1 Å². The lowest BCUT2D eigenvalue weighted by atomic mass is 10.3. The van der Waals surface area contributed by atoms with Crippen molar-refractivity contribution in [3.05, 3.63) is 48.5 Å². The van der Waals surface area contributed by atoms with E-state index in [1.54, 1.807) is 0 Å². The average Bonchev–Trinajstić information content (AvgIpc) is 2.75. The molecule has 0 aromatic heterocycles. The Morgan fingerprint density at radius 2 is 0.919 bits per heavy atom. The van der Waals surface area contributed by atoms with Gasteiger partial charge in [0.2, 0.25) is 0 Å². The average molecular weight is 582 g/mol. The van der Waals surface area contributed by atoms with Crippen LogP contribution >= 0.6 is 0 Å². The molecule has 37 heavy (non-hydrogen) atoms. The maximum atomic E-state index is 12.1. The third-order valence-corrected chi connectivity index (χ3v) is 5.95. The number of carbonyl (C=O) groups excluding carboxylic acids is 2. The van der Waals surface area contributed by atoms with Gasteiger partial charge in [0.25, 0.3) is 20.0 Å². The fourth-order valence-corrected chi connectivity index (χ4v) is 3.72. The highest BCUT2D eigenvalue weighted by molar-refractivity contribution is 7.89. The molecular weight excluding hydrogens is 570 g/mol. The first-order chi connectivity index (χ1) is 16.9. The molecule has 0 radical (unpaired) electrons.